The maximum absolute atomic E-state index is 13.3. The number of likely N-dealkylation sites (tertiary alicyclic amines) is 1. The van der Waals surface area contributed by atoms with Gasteiger partial charge in [0.05, 0.1) is 36.7 Å². The second-order valence-electron chi connectivity index (χ2n) is 8.75. The molecule has 0 saturated carbocycles. The Morgan fingerprint density at radius 3 is 2.29 bits per heavy atom. The number of hydrogen-bond acceptors (Lipinski definition) is 6. The number of fused-ring (bicyclic) bond motifs is 1. The van der Waals surface area contributed by atoms with Crippen molar-refractivity contribution in [3.8, 4) is 5.75 Å². The Morgan fingerprint density at radius 2 is 1.63 bits per heavy atom. The highest BCUT2D eigenvalue weighted by Crippen LogP contribution is 2.41. The van der Waals surface area contributed by atoms with Crippen molar-refractivity contribution in [2.45, 2.75) is 38.6 Å². The lowest BCUT2D eigenvalue weighted by molar-refractivity contribution is -0.157. The van der Waals surface area contributed by atoms with Crippen LogP contribution in [-0.4, -0.2) is 60.3 Å². The third-order valence-corrected chi connectivity index (χ3v) is 6.66. The fourth-order valence-corrected chi connectivity index (χ4v) is 4.87. The molecule has 0 spiro atoms. The van der Waals surface area contributed by atoms with E-state index in [9.17, 15) is 19.2 Å². The number of benzene rings is 2. The van der Waals surface area contributed by atoms with Crippen LogP contribution >= 0.6 is 0 Å². The molecular formula is C27H30N2O6. The van der Waals surface area contributed by atoms with Crippen LogP contribution in [0, 0.1) is 5.92 Å². The molecule has 0 aliphatic carbocycles. The molecule has 2 aromatic carbocycles. The van der Waals surface area contributed by atoms with E-state index in [1.165, 1.54) is 0 Å². The predicted molar refractivity (Wildman–Crippen MR) is 128 cm³/mol. The van der Waals surface area contributed by atoms with E-state index in [1.54, 1.807) is 36.3 Å². The summed E-state index contributed by atoms with van der Waals surface area (Å²) in [7, 11) is 1.56. The quantitative estimate of drug-likeness (QED) is 0.404. The van der Waals surface area contributed by atoms with Gasteiger partial charge in [-0.15, -0.1) is 0 Å². The van der Waals surface area contributed by atoms with E-state index >= 15 is 0 Å². The van der Waals surface area contributed by atoms with Gasteiger partial charge in [0.1, 0.15) is 12.4 Å². The molecule has 8 heteroatoms. The summed E-state index contributed by atoms with van der Waals surface area (Å²) < 4.78 is 11.1. The molecule has 2 atom stereocenters. The Labute approximate surface area is 204 Å². The molecular weight excluding hydrogens is 448 g/mol. The molecule has 0 unspecified atom stereocenters. The topological polar surface area (TPSA) is 93.2 Å². The van der Waals surface area contributed by atoms with Crippen molar-refractivity contribution in [1.82, 2.24) is 9.80 Å². The van der Waals surface area contributed by atoms with Gasteiger partial charge in [-0.2, -0.15) is 0 Å². The monoisotopic (exact) mass is 478 g/mol. The second kappa shape index (κ2) is 10.7. The number of esters is 1. The van der Waals surface area contributed by atoms with Crippen LogP contribution in [-0.2, 0) is 14.3 Å². The first-order valence-corrected chi connectivity index (χ1v) is 12.0. The van der Waals surface area contributed by atoms with Crippen LogP contribution in [0.25, 0.3) is 0 Å². The van der Waals surface area contributed by atoms with Crippen molar-refractivity contribution in [1.29, 1.82) is 0 Å². The number of para-hydroxylation sites is 1. The molecule has 2 heterocycles. The zero-order valence-electron chi connectivity index (χ0n) is 20.1. The number of imide groups is 1. The molecule has 2 aliphatic heterocycles. The van der Waals surface area contributed by atoms with Gasteiger partial charge in [-0.1, -0.05) is 43.7 Å². The van der Waals surface area contributed by atoms with E-state index in [0.29, 0.717) is 29.8 Å². The number of carbonyl (C=O) groups is 4. The number of nitrogens with zero attached hydrogens (tertiary/aromatic N) is 2. The molecule has 2 aromatic rings. The van der Waals surface area contributed by atoms with E-state index in [1.807, 2.05) is 24.3 Å². The lowest BCUT2D eigenvalue weighted by Crippen LogP contribution is -2.46. The fraction of sp³-hybridized carbons (Fsp3) is 0.407. The summed E-state index contributed by atoms with van der Waals surface area (Å²) in [6.45, 7) is 2.46. The SMILES string of the molecule is CCCCN1C(=O)CC[C@H](C(=O)OCCN2C(=O)c3ccccc3C2=O)[C@@H]1c1ccccc1OC. The van der Waals surface area contributed by atoms with Crippen molar-refractivity contribution < 1.29 is 28.7 Å². The summed E-state index contributed by atoms with van der Waals surface area (Å²) in [6.07, 6.45) is 2.35. The first-order chi connectivity index (χ1) is 17.0. The number of ether oxygens (including phenoxy) is 2. The van der Waals surface area contributed by atoms with Crippen molar-refractivity contribution in [2.24, 2.45) is 5.92 Å². The lowest BCUT2D eigenvalue weighted by atomic mass is 9.83. The number of rotatable bonds is 9. The smallest absolute Gasteiger partial charge is 0.311 e. The first-order valence-electron chi connectivity index (χ1n) is 12.0. The molecule has 35 heavy (non-hydrogen) atoms. The van der Waals surface area contributed by atoms with Gasteiger partial charge in [0.15, 0.2) is 0 Å². The van der Waals surface area contributed by atoms with Gasteiger partial charge in [0.2, 0.25) is 5.91 Å². The minimum Gasteiger partial charge on any atom is -0.496 e. The van der Waals surface area contributed by atoms with E-state index in [2.05, 4.69) is 6.92 Å². The summed E-state index contributed by atoms with van der Waals surface area (Å²) in [5.41, 5.74) is 1.48. The van der Waals surface area contributed by atoms with Crippen LogP contribution in [0.2, 0.25) is 0 Å². The number of piperidine rings is 1. The average Bonchev–Trinajstić information content (AvgIpc) is 3.12. The molecule has 1 fully saturated rings. The zero-order chi connectivity index (χ0) is 24.9. The van der Waals surface area contributed by atoms with Crippen LogP contribution in [0.1, 0.15) is 64.9 Å². The van der Waals surface area contributed by atoms with Crippen LogP contribution in [0.5, 0.6) is 5.75 Å². The summed E-state index contributed by atoms with van der Waals surface area (Å²) in [5.74, 6) is -1.19. The number of unbranched alkanes of at least 4 members (excludes halogenated alkanes) is 1. The van der Waals surface area contributed by atoms with Crippen molar-refractivity contribution in [3.63, 3.8) is 0 Å². The molecule has 1 saturated heterocycles. The third kappa shape index (κ3) is 4.78. The second-order valence-corrected chi connectivity index (χ2v) is 8.75. The Balaban J connectivity index is 1.49. The van der Waals surface area contributed by atoms with Gasteiger partial charge >= 0.3 is 5.97 Å². The van der Waals surface area contributed by atoms with E-state index in [4.69, 9.17) is 9.47 Å². The molecule has 0 N–H and O–H groups in total. The Hall–Kier alpha value is -3.68. The Bertz CT molecular complexity index is 1100. The largest absolute Gasteiger partial charge is 0.496 e. The first kappa shape index (κ1) is 24.4. The van der Waals surface area contributed by atoms with Crippen LogP contribution in [0.15, 0.2) is 48.5 Å². The molecule has 4 rings (SSSR count). The van der Waals surface area contributed by atoms with Gasteiger partial charge < -0.3 is 14.4 Å². The lowest BCUT2D eigenvalue weighted by Gasteiger charge is -2.41. The number of hydrogen-bond donors (Lipinski definition) is 0. The van der Waals surface area contributed by atoms with Crippen LogP contribution in [0.3, 0.4) is 0 Å². The number of carbonyl (C=O) groups excluding carboxylic acids is 4. The maximum atomic E-state index is 13.3. The summed E-state index contributed by atoms with van der Waals surface area (Å²) in [6, 6.07) is 13.5. The highest BCUT2D eigenvalue weighted by Gasteiger charge is 2.42. The molecule has 2 aliphatic rings. The molecule has 0 bridgehead atoms. The van der Waals surface area contributed by atoms with Crippen LogP contribution < -0.4 is 4.74 Å². The highest BCUT2D eigenvalue weighted by atomic mass is 16.5. The minimum atomic E-state index is -0.581. The molecule has 8 nitrogen and oxygen atoms in total. The summed E-state index contributed by atoms with van der Waals surface area (Å²) >= 11 is 0. The summed E-state index contributed by atoms with van der Waals surface area (Å²) in [4.78, 5) is 54.2. The molecule has 184 valence electrons. The van der Waals surface area contributed by atoms with Gasteiger partial charge in [0.25, 0.3) is 11.8 Å². The Kier molecular flexibility index (Phi) is 7.48. The van der Waals surface area contributed by atoms with Crippen molar-refractivity contribution in [2.75, 3.05) is 26.8 Å². The fourth-order valence-electron chi connectivity index (χ4n) is 4.87. The van der Waals surface area contributed by atoms with Crippen LogP contribution in [0.4, 0.5) is 0 Å². The van der Waals surface area contributed by atoms with E-state index in [-0.39, 0.29) is 37.3 Å². The summed E-state index contributed by atoms with van der Waals surface area (Å²) in [5, 5.41) is 0. The van der Waals surface area contributed by atoms with E-state index in [0.717, 1.165) is 23.3 Å². The van der Waals surface area contributed by atoms with Gasteiger partial charge in [0, 0.05) is 18.5 Å². The van der Waals surface area contributed by atoms with Gasteiger partial charge in [-0.25, -0.2) is 0 Å². The normalized spacial score (nSPS) is 19.7. The molecule has 0 radical (unpaired) electrons. The standard InChI is InChI=1S/C27H30N2O6/c1-3-4-15-28-23(30)14-13-21(24(28)20-11-7-8-12-22(20)34-2)27(33)35-17-16-29-25(31)18-9-5-6-10-19(18)26(29)32/h5-12,21,24H,3-4,13-17H2,1-2H3/t21-,24-/m0/s1. The highest BCUT2D eigenvalue weighted by molar-refractivity contribution is 6.21. The van der Waals surface area contributed by atoms with E-state index < -0.39 is 17.9 Å². The maximum Gasteiger partial charge on any atom is 0.311 e. The average molecular weight is 479 g/mol. The molecule has 0 aromatic heterocycles. The number of methoxy groups -OCH3 is 1. The predicted octanol–water partition coefficient (Wildman–Crippen LogP) is 3.61. The third-order valence-electron chi connectivity index (χ3n) is 6.66. The van der Waals surface area contributed by atoms with Gasteiger partial charge in [-0.05, 0) is 31.0 Å². The zero-order valence-corrected chi connectivity index (χ0v) is 20.1. The minimum absolute atomic E-state index is 0.00410. The molecule has 3 amide bonds. The van der Waals surface area contributed by atoms with Crippen molar-refractivity contribution in [3.05, 3.63) is 65.2 Å². The van der Waals surface area contributed by atoms with Gasteiger partial charge in [-0.3, -0.25) is 24.1 Å². The van der Waals surface area contributed by atoms with Crippen molar-refractivity contribution >= 4 is 23.7 Å². The Morgan fingerprint density at radius 1 is 0.971 bits per heavy atom. The number of amides is 3.